The Balaban J connectivity index is 1.71. The van der Waals surface area contributed by atoms with Gasteiger partial charge >= 0.3 is 5.97 Å². The number of carbonyl (C=O) groups is 2. The monoisotopic (exact) mass is 403 g/mol. The Bertz CT molecular complexity index is 976. The summed E-state index contributed by atoms with van der Waals surface area (Å²) in [7, 11) is 1.64. The van der Waals surface area contributed by atoms with Crippen LogP contribution in [0.15, 0.2) is 23.8 Å². The van der Waals surface area contributed by atoms with Gasteiger partial charge < -0.3 is 14.0 Å². The molecule has 0 saturated carbocycles. The number of ether oxygens (including phenoxy) is 2. The fourth-order valence-electron chi connectivity index (χ4n) is 3.24. The van der Waals surface area contributed by atoms with Gasteiger partial charge in [0.05, 0.1) is 18.3 Å². The molecule has 10 heteroatoms. The molecule has 0 bridgehead atoms. The van der Waals surface area contributed by atoms with Crippen LogP contribution in [0.4, 0.5) is 0 Å². The van der Waals surface area contributed by atoms with Crippen LogP contribution >= 0.6 is 11.3 Å². The van der Waals surface area contributed by atoms with E-state index >= 15 is 0 Å². The second-order valence-corrected chi connectivity index (χ2v) is 7.26. The van der Waals surface area contributed by atoms with Crippen molar-refractivity contribution < 1.29 is 19.1 Å². The van der Waals surface area contributed by atoms with Crippen LogP contribution in [0.2, 0.25) is 0 Å². The minimum absolute atomic E-state index is 0.0964. The van der Waals surface area contributed by atoms with Crippen LogP contribution in [-0.4, -0.2) is 56.9 Å². The number of carbonyl (C=O) groups excluding carboxylic acids is 2. The highest BCUT2D eigenvalue weighted by Crippen LogP contribution is 2.23. The largest absolute Gasteiger partial charge is 0.453 e. The first-order valence-corrected chi connectivity index (χ1v) is 9.50. The molecule has 0 radical (unpaired) electrons. The fourth-order valence-corrected chi connectivity index (χ4v) is 4.01. The smallest absolute Gasteiger partial charge is 0.351 e. The van der Waals surface area contributed by atoms with Crippen molar-refractivity contribution in [3.63, 3.8) is 0 Å². The van der Waals surface area contributed by atoms with Gasteiger partial charge in [-0.2, -0.15) is 4.68 Å². The average Bonchev–Trinajstić information content (AvgIpc) is 3.39. The van der Waals surface area contributed by atoms with Crippen LogP contribution in [0.5, 0.6) is 0 Å². The van der Waals surface area contributed by atoms with Gasteiger partial charge in [-0.25, -0.2) is 4.79 Å². The van der Waals surface area contributed by atoms with Crippen molar-refractivity contribution in [2.24, 2.45) is 0 Å². The normalized spacial score (nSPS) is 12.1. The molecule has 148 valence electrons. The molecule has 28 heavy (non-hydrogen) atoms. The summed E-state index contributed by atoms with van der Waals surface area (Å²) in [4.78, 5) is 25.4. The summed E-state index contributed by atoms with van der Waals surface area (Å²) in [5, 5.41) is 12.6. The fraction of sp³-hybridized carbons (Fsp3) is 0.389. The van der Waals surface area contributed by atoms with Crippen molar-refractivity contribution in [3.8, 4) is 5.69 Å². The zero-order valence-corrected chi connectivity index (χ0v) is 16.9. The van der Waals surface area contributed by atoms with Crippen LogP contribution < -0.4 is 0 Å². The number of aromatic nitrogens is 5. The Kier molecular flexibility index (Phi) is 6.00. The van der Waals surface area contributed by atoms with Gasteiger partial charge in [0.2, 0.25) is 5.78 Å². The highest BCUT2D eigenvalue weighted by Gasteiger charge is 2.22. The maximum atomic E-state index is 12.6. The lowest BCUT2D eigenvalue weighted by Crippen LogP contribution is -2.17. The number of ketones is 1. The molecule has 0 spiro atoms. The van der Waals surface area contributed by atoms with Crippen molar-refractivity contribution in [1.29, 1.82) is 0 Å². The number of tetrazole rings is 1. The predicted octanol–water partition coefficient (Wildman–Crippen LogP) is 2.39. The molecule has 1 unspecified atom stereocenters. The third-order valence-electron chi connectivity index (χ3n) is 4.39. The topological polar surface area (TPSA) is 101 Å². The van der Waals surface area contributed by atoms with E-state index in [0.717, 1.165) is 11.4 Å². The number of methoxy groups -OCH3 is 1. The molecule has 0 saturated heterocycles. The van der Waals surface area contributed by atoms with Crippen molar-refractivity contribution >= 4 is 23.1 Å². The number of hydrogen-bond acceptors (Lipinski definition) is 8. The van der Waals surface area contributed by atoms with Crippen molar-refractivity contribution in [2.75, 3.05) is 20.3 Å². The van der Waals surface area contributed by atoms with Gasteiger partial charge in [0.15, 0.2) is 6.61 Å². The minimum atomic E-state index is -0.588. The molecular weight excluding hydrogens is 382 g/mol. The Morgan fingerprint density at radius 3 is 2.79 bits per heavy atom. The predicted molar refractivity (Wildman–Crippen MR) is 102 cm³/mol. The minimum Gasteiger partial charge on any atom is -0.453 e. The lowest BCUT2D eigenvalue weighted by atomic mass is 10.1. The molecule has 3 aromatic rings. The Morgan fingerprint density at radius 2 is 2.11 bits per heavy atom. The van der Waals surface area contributed by atoms with Gasteiger partial charge in [0.25, 0.3) is 0 Å². The SMILES string of the molecule is COCC(C)n1c(C)cc(C(=O)COC(=O)c2sccc2-n2cnnn2)c1C. The van der Waals surface area contributed by atoms with E-state index in [0.29, 0.717) is 22.7 Å². The maximum Gasteiger partial charge on any atom is 0.351 e. The van der Waals surface area contributed by atoms with Crippen molar-refractivity contribution in [3.05, 3.63) is 45.7 Å². The zero-order valence-electron chi connectivity index (χ0n) is 16.1. The van der Waals surface area contributed by atoms with Gasteiger partial charge in [-0.05, 0) is 48.7 Å². The van der Waals surface area contributed by atoms with Gasteiger partial charge in [-0.3, -0.25) is 4.79 Å². The summed E-state index contributed by atoms with van der Waals surface area (Å²) in [5.74, 6) is -0.840. The number of aryl methyl sites for hydroxylation is 1. The van der Waals surface area contributed by atoms with Crippen LogP contribution in [-0.2, 0) is 9.47 Å². The number of hydrogen-bond donors (Lipinski definition) is 0. The number of rotatable bonds is 8. The highest BCUT2D eigenvalue weighted by molar-refractivity contribution is 7.12. The van der Waals surface area contributed by atoms with Crippen LogP contribution in [0.1, 0.15) is 44.4 Å². The Morgan fingerprint density at radius 1 is 1.32 bits per heavy atom. The molecule has 0 aromatic carbocycles. The molecule has 3 heterocycles. The average molecular weight is 403 g/mol. The number of nitrogens with zero attached hydrogens (tertiary/aromatic N) is 5. The molecule has 3 rings (SSSR count). The van der Waals surface area contributed by atoms with E-state index in [2.05, 4.69) is 15.5 Å². The summed E-state index contributed by atoms with van der Waals surface area (Å²) in [5.41, 5.74) is 2.84. The van der Waals surface area contributed by atoms with Gasteiger partial charge in [-0.1, -0.05) is 0 Å². The van der Waals surface area contributed by atoms with E-state index in [1.165, 1.54) is 22.3 Å². The quantitative estimate of drug-likeness (QED) is 0.420. The summed E-state index contributed by atoms with van der Waals surface area (Å²) in [6.07, 6.45) is 1.39. The first kappa shape index (κ1) is 19.9. The Labute approximate surface area is 165 Å². The Hall–Kier alpha value is -2.85. The summed E-state index contributed by atoms with van der Waals surface area (Å²) < 4.78 is 13.9. The van der Waals surface area contributed by atoms with E-state index < -0.39 is 5.97 Å². The molecule has 0 aliphatic rings. The summed E-state index contributed by atoms with van der Waals surface area (Å²) >= 11 is 1.20. The maximum absolute atomic E-state index is 12.6. The molecule has 0 amide bonds. The third kappa shape index (κ3) is 3.87. The summed E-state index contributed by atoms with van der Waals surface area (Å²) in [6.45, 7) is 6.04. The molecule has 9 nitrogen and oxygen atoms in total. The molecule has 0 aliphatic heterocycles. The first-order valence-electron chi connectivity index (χ1n) is 8.62. The zero-order chi connectivity index (χ0) is 20.3. The number of Topliss-reactive ketones (excluding diaryl/α,β-unsaturated/α-hetero) is 1. The lowest BCUT2D eigenvalue weighted by Gasteiger charge is -2.17. The van der Waals surface area contributed by atoms with Crippen LogP contribution in [0, 0.1) is 13.8 Å². The third-order valence-corrected chi connectivity index (χ3v) is 5.28. The molecule has 3 aromatic heterocycles. The van der Waals surface area contributed by atoms with Crippen LogP contribution in [0.3, 0.4) is 0 Å². The standard InChI is InChI=1S/C18H21N5O4S/c1-11-7-14(13(3)23(11)12(2)8-26-4)16(24)9-27-18(25)17-15(5-6-28-17)22-10-19-20-21-22/h5-7,10,12H,8-9H2,1-4H3. The van der Waals surface area contributed by atoms with E-state index in [4.69, 9.17) is 9.47 Å². The number of esters is 1. The first-order chi connectivity index (χ1) is 13.4. The van der Waals surface area contributed by atoms with Gasteiger partial charge in [0.1, 0.15) is 11.2 Å². The van der Waals surface area contributed by atoms with Gasteiger partial charge in [-0.15, -0.1) is 16.4 Å². The molecule has 0 N–H and O–H groups in total. The van der Waals surface area contributed by atoms with E-state index in [9.17, 15) is 9.59 Å². The molecule has 0 aliphatic carbocycles. The van der Waals surface area contributed by atoms with Crippen molar-refractivity contribution in [2.45, 2.75) is 26.8 Å². The highest BCUT2D eigenvalue weighted by atomic mass is 32.1. The van der Waals surface area contributed by atoms with Gasteiger partial charge in [0, 0.05) is 24.1 Å². The summed E-state index contributed by atoms with van der Waals surface area (Å²) in [6, 6.07) is 3.62. The van der Waals surface area contributed by atoms with Crippen molar-refractivity contribution in [1.82, 2.24) is 24.8 Å². The van der Waals surface area contributed by atoms with E-state index in [1.807, 2.05) is 31.4 Å². The lowest BCUT2D eigenvalue weighted by molar-refractivity contribution is 0.0479. The second-order valence-electron chi connectivity index (χ2n) is 6.35. The van der Waals surface area contributed by atoms with Crippen LogP contribution in [0.25, 0.3) is 5.69 Å². The van der Waals surface area contributed by atoms with E-state index in [-0.39, 0.29) is 18.4 Å². The molecule has 1 atom stereocenters. The molecular formula is C18H21N5O4S. The molecule has 0 fully saturated rings. The van der Waals surface area contributed by atoms with E-state index in [1.54, 1.807) is 18.6 Å². The number of thiophene rings is 1. The second kappa shape index (κ2) is 8.44.